The van der Waals surface area contributed by atoms with E-state index in [0.717, 1.165) is 12.1 Å². The van der Waals surface area contributed by atoms with E-state index in [1.165, 1.54) is 6.07 Å². The van der Waals surface area contributed by atoms with Crippen molar-refractivity contribution in [3.63, 3.8) is 0 Å². The molecule has 1 unspecified atom stereocenters. The van der Waals surface area contributed by atoms with Crippen molar-refractivity contribution < 1.29 is 19.4 Å². The van der Waals surface area contributed by atoms with E-state index in [4.69, 9.17) is 21.7 Å². The molecule has 0 amide bonds. The van der Waals surface area contributed by atoms with Crippen molar-refractivity contribution >= 4 is 11.9 Å². The van der Waals surface area contributed by atoms with Crippen molar-refractivity contribution in [3.05, 3.63) is 29.6 Å². The second kappa shape index (κ2) is 5.15. The molecule has 17 heavy (non-hydrogen) atoms. The number of halogens is 1. The van der Waals surface area contributed by atoms with Gasteiger partial charge in [-0.15, -0.1) is 0 Å². The molecule has 0 saturated heterocycles. The quantitative estimate of drug-likeness (QED) is 0.446. The van der Waals surface area contributed by atoms with Gasteiger partial charge in [0.1, 0.15) is 0 Å². The van der Waals surface area contributed by atoms with E-state index in [1.54, 1.807) is 0 Å². The summed E-state index contributed by atoms with van der Waals surface area (Å²) in [4.78, 5) is 14.3. The van der Waals surface area contributed by atoms with Crippen molar-refractivity contribution in [3.8, 4) is 5.75 Å². The monoisotopic (exact) mass is 241 g/mol. The van der Waals surface area contributed by atoms with Crippen LogP contribution in [0.3, 0.4) is 0 Å². The van der Waals surface area contributed by atoms with E-state index in [9.17, 15) is 9.18 Å². The van der Waals surface area contributed by atoms with Crippen LogP contribution in [0.1, 0.15) is 18.0 Å². The maximum absolute atomic E-state index is 13.1. The average molecular weight is 241 g/mol. The highest BCUT2D eigenvalue weighted by Gasteiger charge is 2.16. The van der Waals surface area contributed by atoms with Gasteiger partial charge in [0, 0.05) is 0 Å². The minimum Gasteiger partial charge on any atom is -0.505 e. The number of nitrogens with zero attached hydrogens (tertiary/aromatic N) is 1. The van der Waals surface area contributed by atoms with Crippen LogP contribution in [0.15, 0.2) is 23.2 Å². The maximum atomic E-state index is 13.1. The van der Waals surface area contributed by atoms with E-state index in [1.807, 2.05) is 0 Å². The predicted octanol–water partition coefficient (Wildman–Crippen LogP) is 0.321. The second-order valence-electron chi connectivity index (χ2n) is 3.38. The number of phenols is 1. The number of guanidine groups is 1. The molecule has 1 rings (SSSR count). The highest BCUT2D eigenvalue weighted by Crippen LogP contribution is 2.25. The molecule has 0 saturated carbocycles. The van der Waals surface area contributed by atoms with Gasteiger partial charge in [-0.1, -0.05) is 6.07 Å². The van der Waals surface area contributed by atoms with Gasteiger partial charge in [0.05, 0.1) is 12.5 Å². The summed E-state index contributed by atoms with van der Waals surface area (Å²) in [5, 5.41) is 17.7. The number of rotatable bonds is 4. The number of nitrogens with two attached hydrogens (primary N) is 2. The van der Waals surface area contributed by atoms with Gasteiger partial charge >= 0.3 is 5.97 Å². The summed E-state index contributed by atoms with van der Waals surface area (Å²) in [6, 6.07) is 2.59. The van der Waals surface area contributed by atoms with Crippen LogP contribution in [-0.4, -0.2) is 22.1 Å². The molecule has 0 radical (unpaired) electrons. The number of aliphatic carboxylic acids is 1. The first-order valence-corrected chi connectivity index (χ1v) is 4.69. The number of aromatic hydroxyl groups is 1. The number of phenolic OH excluding ortho intramolecular Hbond substituents is 1. The fraction of sp³-hybridized carbons (Fsp3) is 0.200. The van der Waals surface area contributed by atoms with Gasteiger partial charge in [0.15, 0.2) is 17.5 Å². The first kappa shape index (κ1) is 12.8. The highest BCUT2D eigenvalue weighted by atomic mass is 19.1. The number of carbonyl (C=O) groups is 1. The lowest BCUT2D eigenvalue weighted by Gasteiger charge is -2.11. The van der Waals surface area contributed by atoms with Gasteiger partial charge in [0.2, 0.25) is 0 Å². The van der Waals surface area contributed by atoms with Crippen molar-refractivity contribution in [2.75, 3.05) is 0 Å². The Hall–Kier alpha value is -2.31. The van der Waals surface area contributed by atoms with E-state index in [-0.39, 0.29) is 17.9 Å². The summed E-state index contributed by atoms with van der Waals surface area (Å²) in [6.45, 7) is 0. The Morgan fingerprint density at radius 2 is 2.12 bits per heavy atom. The molecule has 1 aromatic rings. The number of aliphatic imine (C=N–C) groups is 1. The lowest BCUT2D eigenvalue weighted by molar-refractivity contribution is -0.137. The molecule has 0 bridgehead atoms. The van der Waals surface area contributed by atoms with Gasteiger partial charge in [-0.2, -0.15) is 0 Å². The molecular weight excluding hydrogens is 229 g/mol. The third-order valence-corrected chi connectivity index (χ3v) is 2.03. The van der Waals surface area contributed by atoms with Gasteiger partial charge in [0.25, 0.3) is 0 Å². The summed E-state index contributed by atoms with van der Waals surface area (Å²) in [6.07, 6.45) is -0.373. The highest BCUT2D eigenvalue weighted by molar-refractivity contribution is 5.77. The SMILES string of the molecule is NC(N)=NC(CC(=O)O)c1ccc(O)c(F)c1. The first-order valence-electron chi connectivity index (χ1n) is 4.69. The van der Waals surface area contributed by atoms with Crippen LogP contribution in [0.25, 0.3) is 0 Å². The number of carboxylic acids is 1. The number of hydrogen-bond acceptors (Lipinski definition) is 3. The molecular formula is C10H12FN3O3. The molecule has 0 aliphatic carbocycles. The van der Waals surface area contributed by atoms with Crippen LogP contribution >= 0.6 is 0 Å². The fourth-order valence-corrected chi connectivity index (χ4v) is 1.31. The minimum absolute atomic E-state index is 0.274. The third kappa shape index (κ3) is 3.63. The van der Waals surface area contributed by atoms with E-state index in [0.29, 0.717) is 0 Å². The number of benzene rings is 1. The van der Waals surface area contributed by atoms with Gasteiger partial charge in [-0.3, -0.25) is 4.79 Å². The van der Waals surface area contributed by atoms with Crippen LogP contribution in [-0.2, 0) is 4.79 Å². The largest absolute Gasteiger partial charge is 0.505 e. The lowest BCUT2D eigenvalue weighted by Crippen LogP contribution is -2.24. The summed E-state index contributed by atoms with van der Waals surface area (Å²) >= 11 is 0. The van der Waals surface area contributed by atoms with Crippen LogP contribution in [0.5, 0.6) is 5.75 Å². The molecule has 0 aliphatic rings. The Morgan fingerprint density at radius 1 is 1.47 bits per heavy atom. The topological polar surface area (TPSA) is 122 Å². The van der Waals surface area contributed by atoms with Crippen LogP contribution in [0.2, 0.25) is 0 Å². The van der Waals surface area contributed by atoms with Crippen LogP contribution in [0, 0.1) is 5.82 Å². The number of hydrogen-bond donors (Lipinski definition) is 4. The number of carboxylic acid groups (broad SMARTS) is 1. The van der Waals surface area contributed by atoms with Crippen molar-refractivity contribution in [1.29, 1.82) is 0 Å². The summed E-state index contributed by atoms with van der Waals surface area (Å²) in [5.74, 6) is -2.78. The van der Waals surface area contributed by atoms with Gasteiger partial charge < -0.3 is 21.7 Å². The molecule has 0 fully saturated rings. The van der Waals surface area contributed by atoms with Crippen molar-refractivity contribution in [2.45, 2.75) is 12.5 Å². The molecule has 92 valence electrons. The van der Waals surface area contributed by atoms with Crippen molar-refractivity contribution in [1.82, 2.24) is 0 Å². The lowest BCUT2D eigenvalue weighted by atomic mass is 10.0. The molecule has 0 aliphatic heterocycles. The molecule has 0 aromatic heterocycles. The predicted molar refractivity (Wildman–Crippen MR) is 58.9 cm³/mol. The Bertz CT molecular complexity index is 458. The maximum Gasteiger partial charge on any atom is 0.305 e. The van der Waals surface area contributed by atoms with Crippen molar-refractivity contribution in [2.24, 2.45) is 16.5 Å². The Kier molecular flexibility index (Phi) is 3.86. The second-order valence-corrected chi connectivity index (χ2v) is 3.38. The standard InChI is InChI=1S/C10H12FN3O3/c11-6-3-5(1-2-8(6)15)7(4-9(16)17)14-10(12)13/h1-3,7,15H,4H2,(H,16,17)(H4,12,13,14). The summed E-state index contributed by atoms with van der Waals surface area (Å²) < 4.78 is 13.1. The Balaban J connectivity index is 3.08. The summed E-state index contributed by atoms with van der Waals surface area (Å²) in [5.41, 5.74) is 10.6. The molecule has 0 heterocycles. The fourth-order valence-electron chi connectivity index (χ4n) is 1.31. The smallest absolute Gasteiger partial charge is 0.305 e. The van der Waals surface area contributed by atoms with Gasteiger partial charge in [-0.05, 0) is 17.7 Å². The van der Waals surface area contributed by atoms with E-state index >= 15 is 0 Å². The molecule has 6 N–H and O–H groups in total. The zero-order valence-electron chi connectivity index (χ0n) is 8.80. The Labute approximate surface area is 96.4 Å². The average Bonchev–Trinajstić information content (AvgIpc) is 2.19. The zero-order chi connectivity index (χ0) is 13.0. The molecule has 0 spiro atoms. The molecule has 1 aromatic carbocycles. The van der Waals surface area contributed by atoms with E-state index in [2.05, 4.69) is 4.99 Å². The van der Waals surface area contributed by atoms with Gasteiger partial charge in [-0.25, -0.2) is 9.38 Å². The molecule has 1 atom stereocenters. The molecule has 6 nitrogen and oxygen atoms in total. The zero-order valence-corrected chi connectivity index (χ0v) is 8.80. The van der Waals surface area contributed by atoms with Crippen LogP contribution in [0.4, 0.5) is 4.39 Å². The molecule has 7 heteroatoms. The van der Waals surface area contributed by atoms with E-state index < -0.39 is 23.6 Å². The van der Waals surface area contributed by atoms with Crippen LogP contribution < -0.4 is 11.5 Å². The Morgan fingerprint density at radius 3 is 2.59 bits per heavy atom. The first-order chi connectivity index (χ1) is 7.90. The minimum atomic E-state index is -1.12. The third-order valence-electron chi connectivity index (χ3n) is 2.03. The normalized spacial score (nSPS) is 11.8. The summed E-state index contributed by atoms with van der Waals surface area (Å²) in [7, 11) is 0.